The summed E-state index contributed by atoms with van der Waals surface area (Å²) in [5.41, 5.74) is 0.786. The lowest BCUT2D eigenvalue weighted by Gasteiger charge is -2.00. The number of hydrogen-bond donors (Lipinski definition) is 0. The summed E-state index contributed by atoms with van der Waals surface area (Å²) in [5.74, 6) is 1.83. The Morgan fingerprint density at radius 1 is 1.38 bits per heavy atom. The fourth-order valence-corrected chi connectivity index (χ4v) is 4.20. The Labute approximate surface area is 162 Å². The van der Waals surface area contributed by atoms with E-state index in [4.69, 9.17) is 16.0 Å². The predicted molar refractivity (Wildman–Crippen MR) is 107 cm³/mol. The molecule has 134 valence electrons. The van der Waals surface area contributed by atoms with E-state index in [0.29, 0.717) is 22.8 Å². The fraction of sp³-hybridized carbons (Fsp3) is 0.176. The van der Waals surface area contributed by atoms with Crippen molar-refractivity contribution in [3.63, 3.8) is 0 Å². The second-order valence-electron chi connectivity index (χ2n) is 5.27. The zero-order valence-corrected chi connectivity index (χ0v) is 16.0. The van der Waals surface area contributed by atoms with Crippen LogP contribution in [-0.4, -0.2) is 20.2 Å². The van der Waals surface area contributed by atoms with Crippen LogP contribution < -0.4 is 0 Å². The highest BCUT2D eigenvalue weighted by Gasteiger charge is 2.23. The number of rotatable bonds is 5. The first-order valence-electron chi connectivity index (χ1n) is 7.67. The van der Waals surface area contributed by atoms with Gasteiger partial charge in [-0.15, -0.1) is 0 Å². The Balaban J connectivity index is 1.83. The van der Waals surface area contributed by atoms with Crippen LogP contribution in [0, 0.1) is 10.1 Å². The van der Waals surface area contributed by atoms with Gasteiger partial charge >= 0.3 is 0 Å². The van der Waals surface area contributed by atoms with Crippen LogP contribution in [0.3, 0.4) is 0 Å². The van der Waals surface area contributed by atoms with Crippen LogP contribution in [0.2, 0.25) is 5.02 Å². The molecule has 0 saturated carbocycles. The highest BCUT2D eigenvalue weighted by molar-refractivity contribution is 8.45. The summed E-state index contributed by atoms with van der Waals surface area (Å²) in [6.07, 6.45) is 2.59. The number of hydrogen-bond acceptors (Lipinski definition) is 7. The average Bonchev–Trinajstić information content (AvgIpc) is 3.20. The van der Waals surface area contributed by atoms with Gasteiger partial charge in [0, 0.05) is 23.8 Å². The van der Waals surface area contributed by atoms with E-state index in [2.05, 4.69) is 11.9 Å². The molecule has 0 unspecified atom stereocenters. The SMILES string of the molecule is CCCSC1=N/C(=C\c2ccc(-c3ccc([N+](=O)[O-])cc3Cl)o2)C(=O)S1. The first-order chi connectivity index (χ1) is 12.5. The van der Waals surface area contributed by atoms with Crippen molar-refractivity contribution in [1.29, 1.82) is 0 Å². The third-order valence-corrected chi connectivity index (χ3v) is 5.89. The minimum absolute atomic E-state index is 0.0901. The maximum atomic E-state index is 12.0. The molecule has 3 rings (SSSR count). The van der Waals surface area contributed by atoms with Gasteiger partial charge < -0.3 is 4.42 Å². The standard InChI is InChI=1S/C17H13ClN2O4S2/c1-2-7-25-17-19-14(16(21)26-17)9-11-4-6-15(24-11)12-5-3-10(20(22)23)8-13(12)18/h3-6,8-9H,2,7H2,1H3/b14-9-. The Hall–Kier alpha value is -2.03. The summed E-state index contributed by atoms with van der Waals surface area (Å²) in [7, 11) is 0. The number of thioether (sulfide) groups is 2. The zero-order valence-electron chi connectivity index (χ0n) is 13.6. The Bertz CT molecular complexity index is 937. The van der Waals surface area contributed by atoms with Crippen LogP contribution in [-0.2, 0) is 4.79 Å². The van der Waals surface area contributed by atoms with Crippen molar-refractivity contribution in [2.45, 2.75) is 13.3 Å². The number of aliphatic imine (C=N–C) groups is 1. The van der Waals surface area contributed by atoms with Crippen molar-refractivity contribution in [2.75, 3.05) is 5.75 Å². The maximum Gasteiger partial charge on any atom is 0.270 e. The first kappa shape index (κ1) is 18.8. The first-order valence-corrected chi connectivity index (χ1v) is 9.85. The molecule has 1 aliphatic heterocycles. The van der Waals surface area contributed by atoms with Gasteiger partial charge in [0.15, 0.2) is 0 Å². The van der Waals surface area contributed by atoms with Gasteiger partial charge in [0.25, 0.3) is 5.69 Å². The Kier molecular flexibility index (Phi) is 5.85. The molecule has 26 heavy (non-hydrogen) atoms. The Morgan fingerprint density at radius 3 is 2.88 bits per heavy atom. The molecule has 9 heteroatoms. The lowest BCUT2D eigenvalue weighted by atomic mass is 10.1. The molecule has 2 heterocycles. The molecule has 1 aromatic heterocycles. The number of nitrogens with zero attached hydrogens (tertiary/aromatic N) is 2. The molecule has 0 amide bonds. The third kappa shape index (κ3) is 4.20. The van der Waals surface area contributed by atoms with E-state index < -0.39 is 4.92 Å². The van der Waals surface area contributed by atoms with Crippen LogP contribution in [0.15, 0.2) is 45.4 Å². The molecule has 0 aliphatic carbocycles. The molecular weight excluding hydrogens is 396 g/mol. The van der Waals surface area contributed by atoms with Gasteiger partial charge in [-0.25, -0.2) is 4.99 Å². The average molecular weight is 409 g/mol. The summed E-state index contributed by atoms with van der Waals surface area (Å²) in [4.78, 5) is 26.6. The van der Waals surface area contributed by atoms with E-state index in [0.717, 1.165) is 28.3 Å². The van der Waals surface area contributed by atoms with Gasteiger partial charge in [-0.05, 0) is 42.1 Å². The van der Waals surface area contributed by atoms with Crippen molar-refractivity contribution in [1.82, 2.24) is 0 Å². The van der Waals surface area contributed by atoms with Crippen LogP contribution in [0.1, 0.15) is 19.1 Å². The highest BCUT2D eigenvalue weighted by Crippen LogP contribution is 2.34. The summed E-state index contributed by atoms with van der Waals surface area (Å²) in [5, 5.41) is 10.9. The minimum Gasteiger partial charge on any atom is -0.457 e. The van der Waals surface area contributed by atoms with Crippen LogP contribution >= 0.6 is 35.1 Å². The van der Waals surface area contributed by atoms with Gasteiger partial charge in [-0.1, -0.05) is 30.3 Å². The summed E-state index contributed by atoms with van der Waals surface area (Å²) >= 11 is 8.80. The van der Waals surface area contributed by atoms with E-state index >= 15 is 0 Å². The van der Waals surface area contributed by atoms with Crippen molar-refractivity contribution in [3.8, 4) is 11.3 Å². The number of carbonyl (C=O) groups is 1. The van der Waals surface area contributed by atoms with Crippen LogP contribution in [0.5, 0.6) is 0 Å². The number of halogens is 1. The number of furan rings is 1. The lowest BCUT2D eigenvalue weighted by Crippen LogP contribution is -1.88. The number of carbonyl (C=O) groups excluding carboxylic acids is 1. The monoisotopic (exact) mass is 408 g/mol. The molecule has 2 aromatic rings. The summed E-state index contributed by atoms with van der Waals surface area (Å²) in [6.45, 7) is 2.07. The van der Waals surface area contributed by atoms with Gasteiger partial charge in [-0.3, -0.25) is 14.9 Å². The number of non-ortho nitro benzene ring substituents is 1. The van der Waals surface area contributed by atoms with E-state index in [1.54, 1.807) is 30.0 Å². The predicted octanol–water partition coefficient (Wildman–Crippen LogP) is 5.62. The van der Waals surface area contributed by atoms with Crippen molar-refractivity contribution < 1.29 is 14.1 Å². The minimum atomic E-state index is -0.511. The second-order valence-corrected chi connectivity index (χ2v) is 7.98. The van der Waals surface area contributed by atoms with E-state index in [9.17, 15) is 14.9 Å². The van der Waals surface area contributed by atoms with Crippen molar-refractivity contribution >= 4 is 56.4 Å². The molecule has 6 nitrogen and oxygen atoms in total. The number of nitro groups is 1. The molecule has 0 fully saturated rings. The highest BCUT2D eigenvalue weighted by atomic mass is 35.5. The summed E-state index contributed by atoms with van der Waals surface area (Å²) < 4.78 is 6.45. The molecule has 1 aliphatic rings. The molecule has 0 bridgehead atoms. The normalized spacial score (nSPS) is 15.5. The molecule has 0 spiro atoms. The van der Waals surface area contributed by atoms with Gasteiger partial charge in [0.05, 0.1) is 9.95 Å². The quantitative estimate of drug-likeness (QED) is 0.362. The fourth-order valence-electron chi connectivity index (χ4n) is 2.17. The number of benzene rings is 1. The van der Waals surface area contributed by atoms with E-state index in [-0.39, 0.29) is 15.8 Å². The van der Waals surface area contributed by atoms with Crippen LogP contribution in [0.4, 0.5) is 5.69 Å². The molecule has 0 atom stereocenters. The van der Waals surface area contributed by atoms with E-state index in [1.165, 1.54) is 18.2 Å². The largest absolute Gasteiger partial charge is 0.457 e. The van der Waals surface area contributed by atoms with Crippen molar-refractivity contribution in [3.05, 3.63) is 56.9 Å². The molecular formula is C17H13ClN2O4S2. The number of nitro benzene ring substituents is 1. The smallest absolute Gasteiger partial charge is 0.270 e. The lowest BCUT2D eigenvalue weighted by molar-refractivity contribution is -0.384. The molecule has 1 aromatic carbocycles. The maximum absolute atomic E-state index is 12.0. The van der Waals surface area contributed by atoms with Crippen molar-refractivity contribution in [2.24, 2.45) is 4.99 Å². The topological polar surface area (TPSA) is 85.7 Å². The van der Waals surface area contributed by atoms with Gasteiger partial charge in [0.2, 0.25) is 5.12 Å². The Morgan fingerprint density at radius 2 is 2.19 bits per heavy atom. The van der Waals surface area contributed by atoms with E-state index in [1.807, 2.05) is 0 Å². The zero-order chi connectivity index (χ0) is 18.7. The second kappa shape index (κ2) is 8.11. The molecule has 0 saturated heterocycles. The van der Waals surface area contributed by atoms with Crippen LogP contribution in [0.25, 0.3) is 17.4 Å². The van der Waals surface area contributed by atoms with Gasteiger partial charge in [0.1, 0.15) is 21.6 Å². The summed E-state index contributed by atoms with van der Waals surface area (Å²) in [6, 6.07) is 7.56. The molecule has 0 radical (unpaired) electrons. The molecule has 0 N–H and O–H groups in total. The van der Waals surface area contributed by atoms with Gasteiger partial charge in [-0.2, -0.15) is 0 Å². The third-order valence-electron chi connectivity index (χ3n) is 3.37.